The number of nitrogens with one attached hydrogen (secondary N) is 1. The zero-order chi connectivity index (χ0) is 16.3. The number of ether oxygens (including phenoxy) is 1. The Labute approximate surface area is 152 Å². The minimum atomic E-state index is -0.562. The summed E-state index contributed by atoms with van der Waals surface area (Å²) in [4.78, 5) is 0. The van der Waals surface area contributed by atoms with Crippen LogP contribution in [-0.4, -0.2) is 13.6 Å². The molecular formula is C19H20BrFN2O. The summed E-state index contributed by atoms with van der Waals surface area (Å²) in [6.45, 7) is 1.36. The number of nitrogens with zero attached hydrogens (tertiary/aromatic N) is 1. The molecule has 5 heteroatoms. The van der Waals surface area contributed by atoms with E-state index in [1.165, 1.54) is 12.1 Å². The summed E-state index contributed by atoms with van der Waals surface area (Å²) >= 11 is 0. The Hall–Kier alpha value is -1.74. The molecule has 0 radical (unpaired) electrons. The number of halogens is 2. The molecule has 0 bridgehead atoms. The van der Waals surface area contributed by atoms with Crippen LogP contribution < -0.4 is 5.32 Å². The smallest absolute Gasteiger partial charge is 0.123 e. The topological polar surface area (TPSA) is 45.0 Å². The number of benzene rings is 2. The van der Waals surface area contributed by atoms with Gasteiger partial charge in [-0.3, -0.25) is 0 Å². The number of hydrogen-bond acceptors (Lipinski definition) is 3. The molecule has 1 heterocycles. The number of rotatable bonds is 5. The maximum atomic E-state index is 13.3. The van der Waals surface area contributed by atoms with E-state index in [2.05, 4.69) is 11.4 Å². The molecule has 0 spiro atoms. The third-order valence-corrected chi connectivity index (χ3v) is 4.41. The lowest BCUT2D eigenvalue weighted by atomic mass is 9.81. The van der Waals surface area contributed by atoms with Crippen molar-refractivity contribution in [3.63, 3.8) is 0 Å². The molecule has 1 aliphatic heterocycles. The standard InChI is InChI=1S/C19H19FN2O.BrH/c1-22-10-2-9-19(16-4-6-17(20)7-5-16)18-8-3-14(12-21)11-15(18)13-23-19;/h3-8,11,22H,2,9-10,13H2,1H3;1H/t19-;/m0./s1. The van der Waals surface area contributed by atoms with Gasteiger partial charge >= 0.3 is 0 Å². The first kappa shape index (κ1) is 18.6. The van der Waals surface area contributed by atoms with Crippen LogP contribution in [0.25, 0.3) is 0 Å². The van der Waals surface area contributed by atoms with Gasteiger partial charge in [0.15, 0.2) is 0 Å². The fraction of sp³-hybridized carbons (Fsp3) is 0.316. The van der Waals surface area contributed by atoms with Gasteiger partial charge in [-0.1, -0.05) is 18.2 Å². The molecule has 0 fully saturated rings. The van der Waals surface area contributed by atoms with Gasteiger partial charge in [0, 0.05) is 0 Å². The number of hydrogen-bond donors (Lipinski definition) is 1. The highest BCUT2D eigenvalue weighted by Crippen LogP contribution is 2.45. The van der Waals surface area contributed by atoms with Crippen molar-refractivity contribution >= 4 is 17.0 Å². The van der Waals surface area contributed by atoms with E-state index in [0.29, 0.717) is 12.2 Å². The van der Waals surface area contributed by atoms with E-state index in [1.807, 2.05) is 25.2 Å². The average Bonchev–Trinajstić information content (AvgIpc) is 2.95. The Balaban J connectivity index is 0.00000208. The van der Waals surface area contributed by atoms with Gasteiger partial charge in [-0.05, 0) is 67.4 Å². The highest BCUT2D eigenvalue weighted by Gasteiger charge is 2.41. The quantitative estimate of drug-likeness (QED) is 0.783. The van der Waals surface area contributed by atoms with Crippen molar-refractivity contribution in [1.29, 1.82) is 5.26 Å². The van der Waals surface area contributed by atoms with Crippen LogP contribution in [0.5, 0.6) is 0 Å². The maximum Gasteiger partial charge on any atom is 0.123 e. The Bertz CT molecular complexity index is 742. The van der Waals surface area contributed by atoms with Gasteiger partial charge in [-0.2, -0.15) is 5.26 Å². The first-order valence-electron chi connectivity index (χ1n) is 7.78. The molecule has 24 heavy (non-hydrogen) atoms. The molecule has 126 valence electrons. The van der Waals surface area contributed by atoms with Crippen LogP contribution in [-0.2, 0) is 16.9 Å². The fourth-order valence-corrected chi connectivity index (χ4v) is 3.28. The van der Waals surface area contributed by atoms with Crippen molar-refractivity contribution in [2.24, 2.45) is 0 Å². The van der Waals surface area contributed by atoms with E-state index >= 15 is 0 Å². The lowest BCUT2D eigenvalue weighted by Gasteiger charge is -2.30. The van der Waals surface area contributed by atoms with Crippen molar-refractivity contribution in [3.8, 4) is 6.07 Å². The largest absolute Gasteiger partial charge is 0.361 e. The second kappa shape index (κ2) is 7.89. The van der Waals surface area contributed by atoms with Crippen LogP contribution in [0.3, 0.4) is 0 Å². The fourth-order valence-electron chi connectivity index (χ4n) is 3.28. The van der Waals surface area contributed by atoms with Gasteiger partial charge in [0.2, 0.25) is 0 Å². The van der Waals surface area contributed by atoms with Crippen LogP contribution in [0.4, 0.5) is 4.39 Å². The van der Waals surface area contributed by atoms with Gasteiger partial charge in [0.25, 0.3) is 0 Å². The number of nitriles is 1. The zero-order valence-electron chi connectivity index (χ0n) is 13.5. The molecule has 0 aliphatic carbocycles. The molecule has 2 aromatic carbocycles. The lowest BCUT2D eigenvalue weighted by molar-refractivity contribution is -0.0128. The average molecular weight is 391 g/mol. The second-order valence-electron chi connectivity index (χ2n) is 5.81. The Kier molecular flexibility index (Phi) is 6.11. The van der Waals surface area contributed by atoms with E-state index in [4.69, 9.17) is 10.00 Å². The summed E-state index contributed by atoms with van der Waals surface area (Å²) < 4.78 is 19.5. The second-order valence-corrected chi connectivity index (χ2v) is 5.81. The Morgan fingerprint density at radius 1 is 1.25 bits per heavy atom. The normalized spacial score (nSPS) is 18.5. The van der Waals surface area contributed by atoms with E-state index in [1.54, 1.807) is 12.1 Å². The minimum absolute atomic E-state index is 0. The zero-order valence-corrected chi connectivity index (χ0v) is 15.2. The third kappa shape index (κ3) is 3.36. The molecule has 0 amide bonds. The lowest BCUT2D eigenvalue weighted by Crippen LogP contribution is -2.28. The van der Waals surface area contributed by atoms with Crippen LogP contribution in [0.1, 0.15) is 35.1 Å². The first-order valence-corrected chi connectivity index (χ1v) is 7.78. The molecule has 1 atom stereocenters. The highest BCUT2D eigenvalue weighted by atomic mass is 79.9. The molecule has 3 nitrogen and oxygen atoms in total. The first-order chi connectivity index (χ1) is 11.2. The summed E-state index contributed by atoms with van der Waals surface area (Å²) in [5.41, 5.74) is 3.15. The summed E-state index contributed by atoms with van der Waals surface area (Å²) in [7, 11) is 1.92. The van der Waals surface area contributed by atoms with Gasteiger partial charge in [-0.15, -0.1) is 17.0 Å². The van der Waals surface area contributed by atoms with E-state index in [9.17, 15) is 4.39 Å². The molecule has 0 saturated heterocycles. The van der Waals surface area contributed by atoms with E-state index < -0.39 is 5.60 Å². The van der Waals surface area contributed by atoms with Crippen molar-refractivity contribution in [2.45, 2.75) is 25.0 Å². The minimum Gasteiger partial charge on any atom is -0.361 e. The van der Waals surface area contributed by atoms with Crippen LogP contribution in [0.2, 0.25) is 0 Å². The molecule has 3 rings (SSSR count). The Morgan fingerprint density at radius 3 is 2.67 bits per heavy atom. The summed E-state index contributed by atoms with van der Waals surface area (Å²) in [6.07, 6.45) is 1.74. The molecule has 0 unspecified atom stereocenters. The van der Waals surface area contributed by atoms with Crippen molar-refractivity contribution in [1.82, 2.24) is 5.32 Å². The molecule has 1 N–H and O–H groups in total. The van der Waals surface area contributed by atoms with Gasteiger partial charge in [0.05, 0.1) is 18.2 Å². The predicted molar refractivity (Wildman–Crippen MR) is 96.6 cm³/mol. The molecule has 2 aromatic rings. The van der Waals surface area contributed by atoms with Crippen LogP contribution >= 0.6 is 17.0 Å². The summed E-state index contributed by atoms with van der Waals surface area (Å²) in [5, 5.41) is 12.2. The summed E-state index contributed by atoms with van der Waals surface area (Å²) in [6, 6.07) is 14.4. The van der Waals surface area contributed by atoms with Crippen LogP contribution in [0.15, 0.2) is 42.5 Å². The molecular weight excluding hydrogens is 371 g/mol. The van der Waals surface area contributed by atoms with Crippen molar-refractivity contribution < 1.29 is 9.13 Å². The van der Waals surface area contributed by atoms with Crippen molar-refractivity contribution in [2.75, 3.05) is 13.6 Å². The maximum absolute atomic E-state index is 13.3. The monoisotopic (exact) mass is 390 g/mol. The molecule has 0 saturated carbocycles. The van der Waals surface area contributed by atoms with Gasteiger partial charge in [-0.25, -0.2) is 4.39 Å². The molecule has 1 aliphatic rings. The molecule has 0 aromatic heterocycles. The van der Waals surface area contributed by atoms with Crippen LogP contribution in [0, 0.1) is 17.1 Å². The van der Waals surface area contributed by atoms with E-state index in [0.717, 1.165) is 36.1 Å². The predicted octanol–water partition coefficient (Wildman–Crippen LogP) is 4.05. The summed E-state index contributed by atoms with van der Waals surface area (Å²) in [5.74, 6) is -0.253. The van der Waals surface area contributed by atoms with Gasteiger partial charge in [0.1, 0.15) is 11.4 Å². The van der Waals surface area contributed by atoms with Crippen molar-refractivity contribution in [3.05, 3.63) is 70.5 Å². The SMILES string of the molecule is Br.CNCCC[C@@]1(c2ccc(F)cc2)OCc2cc(C#N)ccc21. The Morgan fingerprint density at radius 2 is 2.00 bits per heavy atom. The highest BCUT2D eigenvalue weighted by molar-refractivity contribution is 8.93. The van der Waals surface area contributed by atoms with E-state index in [-0.39, 0.29) is 22.8 Å². The number of fused-ring (bicyclic) bond motifs is 1. The third-order valence-electron chi connectivity index (χ3n) is 4.41. The van der Waals surface area contributed by atoms with Gasteiger partial charge < -0.3 is 10.1 Å².